The van der Waals surface area contributed by atoms with Crippen molar-refractivity contribution >= 4 is 25.2 Å². The Balaban J connectivity index is 0. The van der Waals surface area contributed by atoms with Gasteiger partial charge in [-0.25, -0.2) is 0 Å². The molecule has 130 valence electrons. The molecule has 0 aromatic heterocycles. The van der Waals surface area contributed by atoms with E-state index in [-0.39, 0.29) is 7.43 Å². The highest BCUT2D eigenvalue weighted by atomic mass is 28.5. The number of rotatable bonds is 11. The van der Waals surface area contributed by atoms with Crippen molar-refractivity contribution in [3.63, 3.8) is 0 Å². The summed E-state index contributed by atoms with van der Waals surface area (Å²) >= 11 is 0. The van der Waals surface area contributed by atoms with E-state index in [1.165, 1.54) is 0 Å². The van der Waals surface area contributed by atoms with Crippen LogP contribution in [0.3, 0.4) is 0 Å². The van der Waals surface area contributed by atoms with E-state index >= 15 is 0 Å². The van der Waals surface area contributed by atoms with Crippen LogP contribution >= 0.6 is 0 Å². The van der Waals surface area contributed by atoms with E-state index in [0.29, 0.717) is 13.2 Å². The van der Waals surface area contributed by atoms with Crippen LogP contribution in [0, 0.1) is 0 Å². The van der Waals surface area contributed by atoms with Gasteiger partial charge in [-0.2, -0.15) is 0 Å². The number of hydrogen-bond donors (Lipinski definition) is 0. The summed E-state index contributed by atoms with van der Waals surface area (Å²) in [5.74, 6) is 0. The van der Waals surface area contributed by atoms with E-state index in [0.717, 1.165) is 19.1 Å². The van der Waals surface area contributed by atoms with E-state index < -0.39 is 25.2 Å². The van der Waals surface area contributed by atoms with Gasteiger partial charge in [-0.1, -0.05) is 7.43 Å². The lowest BCUT2D eigenvalue weighted by molar-refractivity contribution is 0.0704. The maximum Gasteiger partial charge on any atom is 0.314 e. The minimum absolute atomic E-state index is 0. The van der Waals surface area contributed by atoms with Crippen molar-refractivity contribution in [1.82, 2.24) is 0 Å². The summed E-state index contributed by atoms with van der Waals surface area (Å²) in [5.41, 5.74) is 0. The van der Waals surface area contributed by atoms with Crippen molar-refractivity contribution in [1.29, 1.82) is 0 Å². The third kappa shape index (κ3) is 15.2. The maximum atomic E-state index is 6.44. The Morgan fingerprint density at radius 1 is 0.714 bits per heavy atom. The van der Waals surface area contributed by atoms with Crippen LogP contribution in [0.15, 0.2) is 0 Å². The van der Waals surface area contributed by atoms with Crippen molar-refractivity contribution in [2.24, 2.45) is 0 Å². The van der Waals surface area contributed by atoms with E-state index in [2.05, 4.69) is 45.8 Å². The molecule has 0 aliphatic heterocycles. The third-order valence-corrected chi connectivity index (χ3v) is 12.0. The van der Waals surface area contributed by atoms with Crippen LogP contribution in [-0.2, 0) is 17.7 Å². The fourth-order valence-electron chi connectivity index (χ4n) is 2.16. The molecule has 21 heavy (non-hydrogen) atoms. The Labute approximate surface area is 136 Å². The quantitative estimate of drug-likeness (QED) is 0.406. The van der Waals surface area contributed by atoms with Gasteiger partial charge in [-0.3, -0.25) is 0 Å². The van der Waals surface area contributed by atoms with Crippen molar-refractivity contribution in [2.45, 2.75) is 65.7 Å². The minimum Gasteiger partial charge on any atom is -0.437 e. The Hall–Kier alpha value is 0.491. The molecule has 0 bridgehead atoms. The highest BCUT2D eigenvalue weighted by molar-refractivity contribution is 6.87. The Bertz CT molecular complexity index is 246. The van der Waals surface area contributed by atoms with E-state index in [1.54, 1.807) is 7.11 Å². The normalized spacial score (nSPS) is 13.1. The molecule has 0 fully saturated rings. The first-order valence-corrected chi connectivity index (χ1v) is 16.8. The smallest absolute Gasteiger partial charge is 0.314 e. The SMILES string of the molecule is C.COCCOCCC[Si](C)(O[Si](C)(C)C)O[Si](C)(C)C. The predicted molar refractivity (Wildman–Crippen MR) is 99.3 cm³/mol. The standard InChI is InChI=1S/C13H34O4Si3.CH4/c1-14-11-12-15-10-9-13-20(8,16-18(2,3)4)17-19(5,6)7;/h9-13H2,1-8H3;1H4. The second-order valence-corrected chi connectivity index (χ2v) is 20.1. The summed E-state index contributed by atoms with van der Waals surface area (Å²) in [6.45, 7) is 17.7. The van der Waals surface area contributed by atoms with Crippen molar-refractivity contribution < 1.29 is 17.7 Å². The van der Waals surface area contributed by atoms with Crippen molar-refractivity contribution in [3.05, 3.63) is 0 Å². The van der Waals surface area contributed by atoms with Gasteiger partial charge in [0.25, 0.3) is 0 Å². The number of ether oxygens (including phenoxy) is 2. The van der Waals surface area contributed by atoms with E-state index in [1.807, 2.05) is 0 Å². The topological polar surface area (TPSA) is 36.9 Å². The number of methoxy groups -OCH3 is 1. The fraction of sp³-hybridized carbons (Fsp3) is 1.00. The zero-order valence-corrected chi connectivity index (χ0v) is 17.7. The molecule has 0 radical (unpaired) electrons. The summed E-state index contributed by atoms with van der Waals surface area (Å²) in [5, 5.41) is 0. The molecule has 7 heteroatoms. The molecule has 0 aliphatic rings. The monoisotopic (exact) mass is 354 g/mol. The molecule has 0 atom stereocenters. The Kier molecular flexibility index (Phi) is 11.7. The summed E-state index contributed by atoms with van der Waals surface area (Å²) < 4.78 is 23.4. The molecular weight excluding hydrogens is 316 g/mol. The Morgan fingerprint density at radius 2 is 1.19 bits per heavy atom. The highest BCUT2D eigenvalue weighted by Gasteiger charge is 2.39. The van der Waals surface area contributed by atoms with Gasteiger partial charge in [0, 0.05) is 13.7 Å². The summed E-state index contributed by atoms with van der Waals surface area (Å²) in [6, 6.07) is 1.01. The molecule has 0 heterocycles. The first kappa shape index (κ1) is 23.8. The lowest BCUT2D eigenvalue weighted by Gasteiger charge is -2.38. The molecule has 0 spiro atoms. The zero-order chi connectivity index (χ0) is 15.9. The largest absolute Gasteiger partial charge is 0.437 e. The van der Waals surface area contributed by atoms with Crippen LogP contribution in [0.25, 0.3) is 0 Å². The molecule has 0 aliphatic carbocycles. The van der Waals surface area contributed by atoms with Gasteiger partial charge in [0.15, 0.2) is 16.6 Å². The zero-order valence-electron chi connectivity index (χ0n) is 14.7. The molecule has 0 unspecified atom stereocenters. The van der Waals surface area contributed by atoms with Crippen LogP contribution in [0.1, 0.15) is 13.8 Å². The van der Waals surface area contributed by atoms with Crippen molar-refractivity contribution in [3.8, 4) is 0 Å². The van der Waals surface area contributed by atoms with E-state index in [9.17, 15) is 0 Å². The van der Waals surface area contributed by atoms with Gasteiger partial charge in [0.2, 0.25) is 0 Å². The molecule has 0 rings (SSSR count). The van der Waals surface area contributed by atoms with Crippen molar-refractivity contribution in [2.75, 3.05) is 26.9 Å². The van der Waals surface area contributed by atoms with Crippen LogP contribution in [-0.4, -0.2) is 52.1 Å². The molecule has 0 N–H and O–H groups in total. The average molecular weight is 355 g/mol. The second-order valence-electron chi connectivity index (χ2n) is 7.27. The van der Waals surface area contributed by atoms with Gasteiger partial charge < -0.3 is 17.7 Å². The maximum absolute atomic E-state index is 6.44. The second kappa shape index (κ2) is 10.3. The molecular formula is C14H38O4Si3. The summed E-state index contributed by atoms with van der Waals surface area (Å²) in [6.07, 6.45) is 1.00. The summed E-state index contributed by atoms with van der Waals surface area (Å²) in [4.78, 5) is 0. The summed E-state index contributed by atoms with van der Waals surface area (Å²) in [7, 11) is -3.54. The van der Waals surface area contributed by atoms with Gasteiger partial charge in [-0.05, 0) is 58.3 Å². The predicted octanol–water partition coefficient (Wildman–Crippen LogP) is 4.45. The lowest BCUT2D eigenvalue weighted by Crippen LogP contribution is -2.52. The average Bonchev–Trinajstić information content (AvgIpc) is 2.17. The van der Waals surface area contributed by atoms with Gasteiger partial charge >= 0.3 is 8.56 Å². The molecule has 0 amide bonds. The molecule has 0 saturated heterocycles. The Morgan fingerprint density at radius 3 is 1.57 bits per heavy atom. The molecule has 0 aromatic carbocycles. The minimum atomic E-state index is -2.08. The first-order chi connectivity index (χ1) is 8.97. The van der Waals surface area contributed by atoms with Crippen LogP contribution in [0.5, 0.6) is 0 Å². The molecule has 4 nitrogen and oxygen atoms in total. The molecule has 0 aromatic rings. The highest BCUT2D eigenvalue weighted by Crippen LogP contribution is 2.25. The van der Waals surface area contributed by atoms with Gasteiger partial charge in [0.05, 0.1) is 13.2 Å². The van der Waals surface area contributed by atoms with E-state index in [4.69, 9.17) is 17.7 Å². The number of hydrogen-bond acceptors (Lipinski definition) is 4. The van der Waals surface area contributed by atoms with Crippen LogP contribution < -0.4 is 0 Å². The lowest BCUT2D eigenvalue weighted by atomic mass is 10.5. The fourth-order valence-corrected chi connectivity index (χ4v) is 14.7. The van der Waals surface area contributed by atoms with Gasteiger partial charge in [0.1, 0.15) is 0 Å². The molecule has 0 saturated carbocycles. The van der Waals surface area contributed by atoms with Gasteiger partial charge in [-0.15, -0.1) is 0 Å². The first-order valence-electron chi connectivity index (χ1n) is 7.44. The van der Waals surface area contributed by atoms with Crippen LogP contribution in [0.2, 0.25) is 51.9 Å². The van der Waals surface area contributed by atoms with Crippen LogP contribution in [0.4, 0.5) is 0 Å². The third-order valence-electron chi connectivity index (χ3n) is 2.40.